The fourth-order valence-corrected chi connectivity index (χ4v) is 1.69. The van der Waals surface area contributed by atoms with Crippen LogP contribution >= 0.6 is 0 Å². The number of para-hydroxylation sites is 2. The fraction of sp³-hybridized carbons (Fsp3) is 0.462. The van der Waals surface area contributed by atoms with Gasteiger partial charge < -0.3 is 19.3 Å². The lowest BCUT2D eigenvalue weighted by Gasteiger charge is -2.26. The van der Waals surface area contributed by atoms with Gasteiger partial charge in [-0.3, -0.25) is 4.79 Å². The van der Waals surface area contributed by atoms with Crippen molar-refractivity contribution in [3.05, 3.63) is 24.3 Å². The van der Waals surface area contributed by atoms with Gasteiger partial charge in [-0.05, 0) is 18.6 Å². The SMILES string of the molecule is O=C(O)CCCOCC1COc2ccccc2O1. The number of carbonyl (C=O) groups is 1. The summed E-state index contributed by atoms with van der Waals surface area (Å²) in [5.41, 5.74) is 0. The normalized spacial score (nSPS) is 17.4. The van der Waals surface area contributed by atoms with E-state index >= 15 is 0 Å². The first-order valence-electron chi connectivity index (χ1n) is 5.94. The third-order valence-corrected chi connectivity index (χ3v) is 2.55. The number of hydrogen-bond acceptors (Lipinski definition) is 4. The van der Waals surface area contributed by atoms with E-state index in [-0.39, 0.29) is 12.5 Å². The molecule has 1 aromatic carbocycles. The molecule has 0 saturated carbocycles. The first-order chi connectivity index (χ1) is 8.75. The molecule has 0 amide bonds. The summed E-state index contributed by atoms with van der Waals surface area (Å²) in [6.45, 7) is 1.29. The summed E-state index contributed by atoms with van der Waals surface area (Å²) in [5.74, 6) is 0.673. The van der Waals surface area contributed by atoms with Crippen LogP contribution in [0.1, 0.15) is 12.8 Å². The molecule has 1 atom stereocenters. The molecule has 0 fully saturated rings. The highest BCUT2D eigenvalue weighted by Crippen LogP contribution is 2.30. The zero-order valence-corrected chi connectivity index (χ0v) is 10.0. The van der Waals surface area contributed by atoms with E-state index in [0.717, 1.165) is 11.5 Å². The Hall–Kier alpha value is -1.75. The molecule has 0 bridgehead atoms. The van der Waals surface area contributed by atoms with Gasteiger partial charge in [-0.1, -0.05) is 12.1 Å². The quantitative estimate of drug-likeness (QED) is 0.781. The van der Waals surface area contributed by atoms with Crippen molar-refractivity contribution in [2.45, 2.75) is 18.9 Å². The van der Waals surface area contributed by atoms with Crippen LogP contribution in [-0.2, 0) is 9.53 Å². The maximum Gasteiger partial charge on any atom is 0.303 e. The number of carboxylic acid groups (broad SMARTS) is 1. The largest absolute Gasteiger partial charge is 0.486 e. The maximum atomic E-state index is 10.3. The molecule has 1 heterocycles. The number of aliphatic carboxylic acids is 1. The second-order valence-corrected chi connectivity index (χ2v) is 4.07. The average Bonchev–Trinajstić information content (AvgIpc) is 2.38. The first-order valence-corrected chi connectivity index (χ1v) is 5.94. The van der Waals surface area contributed by atoms with Crippen molar-refractivity contribution < 1.29 is 24.1 Å². The second-order valence-electron chi connectivity index (χ2n) is 4.07. The molecule has 1 N–H and O–H groups in total. The van der Waals surface area contributed by atoms with Crippen LogP contribution in [0.4, 0.5) is 0 Å². The Kier molecular flexibility index (Phi) is 4.41. The van der Waals surface area contributed by atoms with Gasteiger partial charge in [0.2, 0.25) is 0 Å². The summed E-state index contributed by atoms with van der Waals surface area (Å²) in [7, 11) is 0. The van der Waals surface area contributed by atoms with Crippen LogP contribution in [0, 0.1) is 0 Å². The zero-order chi connectivity index (χ0) is 12.8. The highest BCUT2D eigenvalue weighted by atomic mass is 16.6. The topological polar surface area (TPSA) is 65.0 Å². The Labute approximate surface area is 105 Å². The highest BCUT2D eigenvalue weighted by molar-refractivity contribution is 5.66. The molecule has 1 aromatic rings. The summed E-state index contributed by atoms with van der Waals surface area (Å²) in [4.78, 5) is 10.3. The molecule has 0 radical (unpaired) electrons. The molecule has 1 unspecified atom stereocenters. The highest BCUT2D eigenvalue weighted by Gasteiger charge is 2.20. The van der Waals surface area contributed by atoms with Crippen LogP contribution in [0.2, 0.25) is 0 Å². The molecular formula is C13H16O5. The smallest absolute Gasteiger partial charge is 0.303 e. The van der Waals surface area contributed by atoms with Crippen LogP contribution < -0.4 is 9.47 Å². The van der Waals surface area contributed by atoms with Crippen molar-refractivity contribution in [1.29, 1.82) is 0 Å². The predicted molar refractivity (Wildman–Crippen MR) is 64.0 cm³/mol. The molecule has 98 valence electrons. The van der Waals surface area contributed by atoms with Gasteiger partial charge in [-0.25, -0.2) is 0 Å². The van der Waals surface area contributed by atoms with E-state index in [4.69, 9.17) is 19.3 Å². The number of hydrogen-bond donors (Lipinski definition) is 1. The zero-order valence-electron chi connectivity index (χ0n) is 10.0. The third-order valence-electron chi connectivity index (χ3n) is 2.55. The van der Waals surface area contributed by atoms with E-state index < -0.39 is 5.97 Å². The van der Waals surface area contributed by atoms with Crippen molar-refractivity contribution >= 4 is 5.97 Å². The van der Waals surface area contributed by atoms with Crippen LogP contribution in [0.5, 0.6) is 11.5 Å². The van der Waals surface area contributed by atoms with Gasteiger partial charge in [-0.15, -0.1) is 0 Å². The molecule has 0 aliphatic carbocycles. The lowest BCUT2D eigenvalue weighted by Crippen LogP contribution is -2.33. The average molecular weight is 252 g/mol. The van der Waals surface area contributed by atoms with E-state index in [1.165, 1.54) is 0 Å². The van der Waals surface area contributed by atoms with E-state index in [1.807, 2.05) is 24.3 Å². The predicted octanol–water partition coefficient (Wildman–Crippen LogP) is 1.71. The molecule has 2 rings (SSSR count). The summed E-state index contributed by atoms with van der Waals surface area (Å²) >= 11 is 0. The summed E-state index contributed by atoms with van der Waals surface area (Å²) < 4.78 is 16.6. The minimum Gasteiger partial charge on any atom is -0.486 e. The summed E-state index contributed by atoms with van der Waals surface area (Å²) in [6.07, 6.45) is 0.509. The Balaban J connectivity index is 1.68. The molecule has 0 aromatic heterocycles. The lowest BCUT2D eigenvalue weighted by atomic mass is 10.2. The monoisotopic (exact) mass is 252 g/mol. The van der Waals surface area contributed by atoms with Crippen LogP contribution in [0.3, 0.4) is 0 Å². The molecule has 1 aliphatic rings. The molecule has 5 nitrogen and oxygen atoms in total. The standard InChI is InChI=1S/C13H16O5/c14-13(15)6-3-7-16-8-10-9-17-11-4-1-2-5-12(11)18-10/h1-2,4-5,10H,3,6-9H2,(H,14,15). The van der Waals surface area contributed by atoms with Crippen molar-refractivity contribution in [3.8, 4) is 11.5 Å². The summed E-state index contributed by atoms with van der Waals surface area (Å²) in [5, 5.41) is 8.47. The number of fused-ring (bicyclic) bond motifs is 1. The van der Waals surface area contributed by atoms with Gasteiger partial charge in [0.15, 0.2) is 17.6 Å². The molecule has 0 saturated heterocycles. The van der Waals surface area contributed by atoms with Crippen LogP contribution in [0.15, 0.2) is 24.3 Å². The Morgan fingerprint density at radius 3 is 2.94 bits per heavy atom. The maximum absolute atomic E-state index is 10.3. The Bertz CT molecular complexity index is 404. The van der Waals surface area contributed by atoms with E-state index in [2.05, 4.69) is 0 Å². The van der Waals surface area contributed by atoms with Crippen LogP contribution in [0.25, 0.3) is 0 Å². The van der Waals surface area contributed by atoms with Gasteiger partial charge in [0.1, 0.15) is 6.61 Å². The summed E-state index contributed by atoms with van der Waals surface area (Å²) in [6, 6.07) is 7.49. The minimum absolute atomic E-state index is 0.130. The Morgan fingerprint density at radius 2 is 2.17 bits per heavy atom. The molecular weight excluding hydrogens is 236 g/mol. The molecule has 1 aliphatic heterocycles. The lowest BCUT2D eigenvalue weighted by molar-refractivity contribution is -0.137. The van der Waals surface area contributed by atoms with Gasteiger partial charge in [0, 0.05) is 13.0 Å². The van der Waals surface area contributed by atoms with E-state index in [0.29, 0.717) is 26.2 Å². The van der Waals surface area contributed by atoms with Crippen molar-refractivity contribution in [2.75, 3.05) is 19.8 Å². The van der Waals surface area contributed by atoms with Crippen LogP contribution in [-0.4, -0.2) is 37.0 Å². The Morgan fingerprint density at radius 1 is 1.39 bits per heavy atom. The van der Waals surface area contributed by atoms with Gasteiger partial charge in [0.25, 0.3) is 0 Å². The number of benzene rings is 1. The van der Waals surface area contributed by atoms with Gasteiger partial charge in [-0.2, -0.15) is 0 Å². The third kappa shape index (κ3) is 3.63. The van der Waals surface area contributed by atoms with E-state index in [9.17, 15) is 4.79 Å². The van der Waals surface area contributed by atoms with Gasteiger partial charge in [0.05, 0.1) is 6.61 Å². The number of carboxylic acids is 1. The first kappa shape index (κ1) is 12.7. The fourth-order valence-electron chi connectivity index (χ4n) is 1.69. The van der Waals surface area contributed by atoms with E-state index in [1.54, 1.807) is 0 Å². The minimum atomic E-state index is -0.801. The second kappa shape index (κ2) is 6.26. The number of rotatable bonds is 6. The number of ether oxygens (including phenoxy) is 3. The van der Waals surface area contributed by atoms with Crippen molar-refractivity contribution in [3.63, 3.8) is 0 Å². The van der Waals surface area contributed by atoms with Crippen molar-refractivity contribution in [2.24, 2.45) is 0 Å². The molecule has 5 heteroatoms. The molecule has 0 spiro atoms. The van der Waals surface area contributed by atoms with Crippen molar-refractivity contribution in [1.82, 2.24) is 0 Å². The molecule has 18 heavy (non-hydrogen) atoms. The van der Waals surface area contributed by atoms with Gasteiger partial charge >= 0.3 is 5.97 Å².